The van der Waals surface area contributed by atoms with Gasteiger partial charge in [-0.15, -0.1) is 0 Å². The molecule has 0 aliphatic carbocycles. The summed E-state index contributed by atoms with van der Waals surface area (Å²) in [5.41, 5.74) is 0.853. The van der Waals surface area contributed by atoms with Gasteiger partial charge in [-0.05, 0) is 43.5 Å². The fourth-order valence-corrected chi connectivity index (χ4v) is 4.11. The van der Waals surface area contributed by atoms with Gasteiger partial charge in [0.25, 0.3) is 0 Å². The number of halogens is 1. The van der Waals surface area contributed by atoms with E-state index in [0.29, 0.717) is 18.9 Å². The van der Waals surface area contributed by atoms with Gasteiger partial charge in [-0.2, -0.15) is 4.72 Å². The molecule has 2 N–H and O–H groups in total. The fourth-order valence-electron chi connectivity index (χ4n) is 2.59. The van der Waals surface area contributed by atoms with Crippen molar-refractivity contribution in [1.29, 1.82) is 0 Å². The highest BCUT2D eigenvalue weighted by atomic mass is 35.5. The molecule has 8 heteroatoms. The molecule has 0 saturated heterocycles. The number of sulfonamides is 1. The van der Waals surface area contributed by atoms with Crippen LogP contribution in [-0.2, 0) is 21.2 Å². The van der Waals surface area contributed by atoms with Gasteiger partial charge in [0.05, 0.1) is 16.5 Å². The predicted octanol–water partition coefficient (Wildman–Crippen LogP) is 3.15. The standard InChI is InChI=1S/C20H25ClN2O4S/c1-3-12-22-20(24)18(13-15-8-6-5-7-9-15)23-28(25,26)16-10-11-19(27-4-2)17(21)14-16/h5-11,14,18,23H,3-4,12-13H2,1-2H3,(H,22,24)/t18-/m0/s1. The summed E-state index contributed by atoms with van der Waals surface area (Å²) in [4.78, 5) is 12.5. The largest absolute Gasteiger partial charge is 0.492 e. The van der Waals surface area contributed by atoms with E-state index in [4.69, 9.17) is 16.3 Å². The SMILES string of the molecule is CCCNC(=O)[C@H](Cc1ccccc1)NS(=O)(=O)c1ccc(OCC)c(Cl)c1. The summed E-state index contributed by atoms with van der Waals surface area (Å²) < 4.78 is 33.5. The smallest absolute Gasteiger partial charge is 0.241 e. The molecule has 0 radical (unpaired) electrons. The lowest BCUT2D eigenvalue weighted by atomic mass is 10.1. The minimum atomic E-state index is -3.95. The summed E-state index contributed by atoms with van der Waals surface area (Å²) >= 11 is 6.12. The van der Waals surface area contributed by atoms with Crippen molar-refractivity contribution in [3.05, 3.63) is 59.1 Å². The number of nitrogens with one attached hydrogen (secondary N) is 2. The molecule has 0 spiro atoms. The molecular weight excluding hydrogens is 400 g/mol. The number of hydrogen-bond donors (Lipinski definition) is 2. The van der Waals surface area contributed by atoms with Crippen LogP contribution in [0.1, 0.15) is 25.8 Å². The quantitative estimate of drug-likeness (QED) is 0.613. The first-order valence-electron chi connectivity index (χ1n) is 9.13. The van der Waals surface area contributed by atoms with E-state index in [1.54, 1.807) is 0 Å². The van der Waals surface area contributed by atoms with E-state index in [9.17, 15) is 13.2 Å². The van der Waals surface area contributed by atoms with Gasteiger partial charge in [0.2, 0.25) is 15.9 Å². The maximum atomic E-state index is 12.8. The molecule has 152 valence electrons. The summed E-state index contributed by atoms with van der Waals surface area (Å²) in [7, 11) is -3.95. The van der Waals surface area contributed by atoms with Crippen LogP contribution in [0, 0.1) is 0 Å². The maximum absolute atomic E-state index is 12.8. The Morgan fingerprint density at radius 1 is 1.14 bits per heavy atom. The van der Waals surface area contributed by atoms with Gasteiger partial charge in [-0.3, -0.25) is 4.79 Å². The molecule has 2 rings (SSSR count). The summed E-state index contributed by atoms with van der Waals surface area (Å²) in [5, 5.41) is 2.95. The molecule has 6 nitrogen and oxygen atoms in total. The fraction of sp³-hybridized carbons (Fsp3) is 0.350. The topological polar surface area (TPSA) is 84.5 Å². The highest BCUT2D eigenvalue weighted by molar-refractivity contribution is 7.89. The number of carbonyl (C=O) groups is 1. The third-order valence-corrected chi connectivity index (χ3v) is 5.72. The molecule has 0 saturated carbocycles. The van der Waals surface area contributed by atoms with E-state index in [2.05, 4.69) is 10.0 Å². The Bertz CT molecular complexity index is 888. The molecule has 0 fully saturated rings. The Morgan fingerprint density at radius 3 is 2.46 bits per heavy atom. The van der Waals surface area contributed by atoms with Crippen LogP contribution in [-0.4, -0.2) is 33.5 Å². The summed E-state index contributed by atoms with van der Waals surface area (Å²) in [6, 6.07) is 12.5. The van der Waals surface area contributed by atoms with Gasteiger partial charge in [0.15, 0.2) is 0 Å². The summed E-state index contributed by atoms with van der Waals surface area (Å²) in [6.45, 7) is 4.63. The van der Waals surface area contributed by atoms with Crippen molar-refractivity contribution in [3.8, 4) is 5.75 Å². The molecule has 2 aromatic carbocycles. The molecule has 0 aromatic heterocycles. The molecule has 2 aromatic rings. The van der Waals surface area contributed by atoms with Crippen LogP contribution in [0.25, 0.3) is 0 Å². The van der Waals surface area contributed by atoms with Crippen LogP contribution in [0.2, 0.25) is 5.02 Å². The predicted molar refractivity (Wildman–Crippen MR) is 110 cm³/mol. The van der Waals surface area contributed by atoms with E-state index in [1.165, 1.54) is 18.2 Å². The van der Waals surface area contributed by atoms with E-state index in [1.807, 2.05) is 44.2 Å². The van der Waals surface area contributed by atoms with E-state index < -0.39 is 16.1 Å². The average Bonchev–Trinajstić information content (AvgIpc) is 2.68. The minimum Gasteiger partial charge on any atom is -0.492 e. The molecule has 0 unspecified atom stereocenters. The van der Waals surface area contributed by atoms with Crippen LogP contribution in [0.5, 0.6) is 5.75 Å². The third-order valence-electron chi connectivity index (χ3n) is 3.96. The van der Waals surface area contributed by atoms with E-state index >= 15 is 0 Å². The van der Waals surface area contributed by atoms with Crippen molar-refractivity contribution in [2.24, 2.45) is 0 Å². The lowest BCUT2D eigenvalue weighted by Gasteiger charge is -2.19. The Labute approximate surface area is 171 Å². The highest BCUT2D eigenvalue weighted by Gasteiger charge is 2.26. The number of ether oxygens (including phenoxy) is 1. The average molecular weight is 425 g/mol. The number of rotatable bonds is 10. The van der Waals surface area contributed by atoms with Gasteiger partial charge < -0.3 is 10.1 Å². The maximum Gasteiger partial charge on any atom is 0.241 e. The molecule has 0 bridgehead atoms. The van der Waals surface area contributed by atoms with Crippen LogP contribution in [0.3, 0.4) is 0 Å². The van der Waals surface area contributed by atoms with Crippen molar-refractivity contribution in [2.45, 2.75) is 37.6 Å². The number of hydrogen-bond acceptors (Lipinski definition) is 4. The van der Waals surface area contributed by atoms with E-state index in [-0.39, 0.29) is 22.2 Å². The van der Waals surface area contributed by atoms with Gasteiger partial charge in [0, 0.05) is 6.54 Å². The summed E-state index contributed by atoms with van der Waals surface area (Å²) in [5.74, 6) is 0.0379. The van der Waals surface area contributed by atoms with Crippen molar-refractivity contribution in [3.63, 3.8) is 0 Å². The zero-order valence-electron chi connectivity index (χ0n) is 15.9. The number of carbonyl (C=O) groups excluding carboxylic acids is 1. The Balaban J connectivity index is 2.25. The Hall–Kier alpha value is -2.09. The van der Waals surface area contributed by atoms with Crippen molar-refractivity contribution >= 4 is 27.5 Å². The lowest BCUT2D eigenvalue weighted by Crippen LogP contribution is -2.48. The first kappa shape index (κ1) is 22.2. The Kier molecular flexibility index (Phi) is 8.29. The summed E-state index contributed by atoms with van der Waals surface area (Å²) in [6.07, 6.45) is 0.991. The molecule has 0 heterocycles. The monoisotopic (exact) mass is 424 g/mol. The molecule has 28 heavy (non-hydrogen) atoms. The first-order chi connectivity index (χ1) is 13.4. The van der Waals surface area contributed by atoms with Gasteiger partial charge in [-0.25, -0.2) is 8.42 Å². The zero-order valence-corrected chi connectivity index (χ0v) is 17.5. The zero-order chi connectivity index (χ0) is 20.6. The number of benzene rings is 2. The molecule has 0 aliphatic heterocycles. The minimum absolute atomic E-state index is 0.0256. The van der Waals surface area contributed by atoms with Crippen LogP contribution < -0.4 is 14.8 Å². The van der Waals surface area contributed by atoms with Crippen LogP contribution in [0.4, 0.5) is 0 Å². The lowest BCUT2D eigenvalue weighted by molar-refractivity contribution is -0.122. The van der Waals surface area contributed by atoms with Crippen molar-refractivity contribution in [1.82, 2.24) is 10.0 Å². The molecular formula is C20H25ClN2O4S. The van der Waals surface area contributed by atoms with Crippen molar-refractivity contribution < 1.29 is 17.9 Å². The second-order valence-electron chi connectivity index (χ2n) is 6.18. The van der Waals surface area contributed by atoms with Gasteiger partial charge in [-0.1, -0.05) is 48.9 Å². The van der Waals surface area contributed by atoms with E-state index in [0.717, 1.165) is 12.0 Å². The second-order valence-corrected chi connectivity index (χ2v) is 8.30. The first-order valence-corrected chi connectivity index (χ1v) is 11.0. The number of amides is 1. The van der Waals surface area contributed by atoms with Gasteiger partial charge in [0.1, 0.15) is 11.8 Å². The molecule has 0 aliphatic rings. The Morgan fingerprint density at radius 2 is 1.86 bits per heavy atom. The van der Waals surface area contributed by atoms with Crippen LogP contribution >= 0.6 is 11.6 Å². The van der Waals surface area contributed by atoms with Crippen molar-refractivity contribution in [2.75, 3.05) is 13.2 Å². The van der Waals surface area contributed by atoms with Crippen LogP contribution in [0.15, 0.2) is 53.4 Å². The van der Waals surface area contributed by atoms with Gasteiger partial charge >= 0.3 is 0 Å². The highest BCUT2D eigenvalue weighted by Crippen LogP contribution is 2.27. The molecule has 1 amide bonds. The molecule has 1 atom stereocenters. The normalized spacial score (nSPS) is 12.4. The second kappa shape index (κ2) is 10.5. The third kappa shape index (κ3) is 6.22.